The van der Waals surface area contributed by atoms with Gasteiger partial charge in [-0.25, -0.2) is 19.4 Å². The molecule has 11 nitrogen and oxygen atoms in total. The maximum Gasteiger partial charge on any atom is 0.414 e. The van der Waals surface area contributed by atoms with Crippen molar-refractivity contribution in [1.29, 1.82) is 0 Å². The molecule has 5 aromatic rings. The van der Waals surface area contributed by atoms with Gasteiger partial charge in [0.25, 0.3) is 0 Å². The Hall–Kier alpha value is -5.55. The number of ether oxygens (including phenoxy) is 3. The average molecular weight is 680 g/mol. The van der Waals surface area contributed by atoms with Gasteiger partial charge in [0.15, 0.2) is 10.8 Å². The van der Waals surface area contributed by atoms with E-state index in [-0.39, 0.29) is 24.1 Å². The number of carbonyl (C=O) groups is 3. The van der Waals surface area contributed by atoms with Crippen molar-refractivity contribution >= 4 is 46.7 Å². The Bertz CT molecular complexity index is 2010. The first-order chi connectivity index (χ1) is 23.5. The van der Waals surface area contributed by atoms with Crippen LogP contribution in [0.25, 0.3) is 22.3 Å². The number of aromatic nitrogens is 4. The van der Waals surface area contributed by atoms with E-state index in [1.165, 1.54) is 6.33 Å². The van der Waals surface area contributed by atoms with Gasteiger partial charge in [-0.15, -0.1) is 0 Å². The van der Waals surface area contributed by atoms with E-state index in [4.69, 9.17) is 25.8 Å². The summed E-state index contributed by atoms with van der Waals surface area (Å²) < 4.78 is 18.9. The molecule has 250 valence electrons. The minimum atomic E-state index is -0.747. The second-order valence-corrected chi connectivity index (χ2v) is 12.9. The molecule has 3 aromatic carbocycles. The lowest BCUT2D eigenvalue weighted by molar-refractivity contribution is 0.00848. The van der Waals surface area contributed by atoms with Crippen molar-refractivity contribution in [2.75, 3.05) is 11.9 Å². The first-order valence-corrected chi connectivity index (χ1v) is 16.0. The summed E-state index contributed by atoms with van der Waals surface area (Å²) in [6, 6.07) is 25.2. The number of amides is 1. The zero-order valence-electron chi connectivity index (χ0n) is 27.1. The van der Waals surface area contributed by atoms with Crippen molar-refractivity contribution in [1.82, 2.24) is 19.5 Å². The van der Waals surface area contributed by atoms with Crippen molar-refractivity contribution in [3.05, 3.63) is 120 Å². The molecule has 0 aliphatic heterocycles. The molecule has 1 saturated carbocycles. The topological polar surface area (TPSA) is 135 Å². The van der Waals surface area contributed by atoms with Crippen LogP contribution in [0.5, 0.6) is 0 Å². The standard InChI is InChI=1S/C37H34ClN5O6/c1-22-27(20-47-33(44)25-13-9-6-10-14-25)29(48-34(45)26-17-15-24(16-18-26)23-11-7-5-8-12-23)19-28(22)43-21-39-30-31(38)40-35(41-32(30)43)42-36(46)49-37(2,3)4/h5-18,21,27-29H,1,19-20H2,2-4H3,(H,40,41,42,46)/t27-,28-,29-/m0/s1. The lowest BCUT2D eigenvalue weighted by atomic mass is 10.0. The third kappa shape index (κ3) is 7.62. The van der Waals surface area contributed by atoms with Gasteiger partial charge in [-0.3, -0.25) is 5.32 Å². The summed E-state index contributed by atoms with van der Waals surface area (Å²) in [4.78, 5) is 51.9. The highest BCUT2D eigenvalue weighted by Crippen LogP contribution is 2.43. The minimum absolute atomic E-state index is 0.0219. The molecule has 1 fully saturated rings. The molecule has 0 unspecified atom stereocenters. The zero-order chi connectivity index (χ0) is 34.7. The summed E-state index contributed by atoms with van der Waals surface area (Å²) in [5, 5.41) is 2.54. The van der Waals surface area contributed by atoms with Crippen LogP contribution >= 0.6 is 11.6 Å². The van der Waals surface area contributed by atoms with Crippen LogP contribution in [0, 0.1) is 5.92 Å². The Morgan fingerprint density at radius 1 is 0.898 bits per heavy atom. The van der Waals surface area contributed by atoms with Gasteiger partial charge in [-0.05, 0) is 61.7 Å². The fourth-order valence-electron chi connectivity index (χ4n) is 5.68. The quantitative estimate of drug-likeness (QED) is 0.0758. The van der Waals surface area contributed by atoms with Gasteiger partial charge in [0.05, 0.1) is 29.4 Å². The molecule has 0 spiro atoms. The first-order valence-electron chi connectivity index (χ1n) is 15.6. The second kappa shape index (κ2) is 13.9. The van der Waals surface area contributed by atoms with E-state index < -0.39 is 41.7 Å². The number of carbonyl (C=O) groups excluding carboxylic acids is 3. The van der Waals surface area contributed by atoms with Crippen LogP contribution in [0.4, 0.5) is 10.7 Å². The molecule has 0 bridgehead atoms. The van der Waals surface area contributed by atoms with Crippen molar-refractivity contribution in [2.45, 2.75) is 44.9 Å². The predicted molar refractivity (Wildman–Crippen MR) is 184 cm³/mol. The Kier molecular flexibility index (Phi) is 9.46. The number of benzene rings is 3. The van der Waals surface area contributed by atoms with E-state index in [2.05, 4.69) is 26.8 Å². The summed E-state index contributed by atoms with van der Waals surface area (Å²) >= 11 is 6.45. The predicted octanol–water partition coefficient (Wildman–Crippen LogP) is 7.69. The van der Waals surface area contributed by atoms with E-state index in [0.717, 1.165) is 11.1 Å². The monoisotopic (exact) mass is 679 g/mol. The molecular formula is C37H34ClN5O6. The smallest absolute Gasteiger partial charge is 0.414 e. The fraction of sp³-hybridized carbons (Fsp3) is 0.243. The van der Waals surface area contributed by atoms with E-state index in [1.807, 2.05) is 48.5 Å². The summed E-state index contributed by atoms with van der Waals surface area (Å²) in [6.07, 6.45) is 0.361. The van der Waals surface area contributed by atoms with Crippen molar-refractivity contribution in [3.8, 4) is 11.1 Å². The largest absolute Gasteiger partial charge is 0.461 e. The van der Waals surface area contributed by atoms with Gasteiger partial charge < -0.3 is 18.8 Å². The van der Waals surface area contributed by atoms with Crippen LogP contribution in [0.2, 0.25) is 5.15 Å². The first kappa shape index (κ1) is 33.4. The molecule has 2 heterocycles. The van der Waals surface area contributed by atoms with E-state index in [0.29, 0.717) is 27.9 Å². The zero-order valence-corrected chi connectivity index (χ0v) is 27.9. The third-order valence-electron chi connectivity index (χ3n) is 8.03. The number of imidazole rings is 1. The summed E-state index contributed by atoms with van der Waals surface area (Å²) in [5.74, 6) is -1.67. The van der Waals surface area contributed by atoms with Crippen LogP contribution in [0.1, 0.15) is 53.9 Å². The average Bonchev–Trinajstić information content (AvgIpc) is 3.63. The maximum absolute atomic E-state index is 13.5. The van der Waals surface area contributed by atoms with Gasteiger partial charge >= 0.3 is 18.0 Å². The van der Waals surface area contributed by atoms with Gasteiger partial charge in [0, 0.05) is 6.42 Å². The molecule has 0 radical (unpaired) electrons. The van der Waals surface area contributed by atoms with E-state index in [1.54, 1.807) is 61.7 Å². The molecular weight excluding hydrogens is 646 g/mol. The van der Waals surface area contributed by atoms with Crippen molar-refractivity contribution in [2.24, 2.45) is 5.92 Å². The highest BCUT2D eigenvalue weighted by molar-refractivity contribution is 6.33. The maximum atomic E-state index is 13.5. The molecule has 3 atom stereocenters. The Labute approximate surface area is 287 Å². The minimum Gasteiger partial charge on any atom is -0.461 e. The lowest BCUT2D eigenvalue weighted by Gasteiger charge is -2.21. The molecule has 1 aliphatic carbocycles. The van der Waals surface area contributed by atoms with Crippen LogP contribution in [-0.2, 0) is 14.2 Å². The number of fused-ring (bicyclic) bond motifs is 1. The molecule has 1 N–H and O–H groups in total. The third-order valence-corrected chi connectivity index (χ3v) is 8.29. The second-order valence-electron chi connectivity index (χ2n) is 12.6. The Balaban J connectivity index is 1.26. The number of hydrogen-bond acceptors (Lipinski definition) is 9. The SMILES string of the molecule is C=C1[C@H](COC(=O)c2ccccc2)[C@@H](OC(=O)c2ccc(-c3ccccc3)cc2)C[C@@H]1n1cnc2c(Cl)nc(NC(=O)OC(C)(C)C)nc21. The van der Waals surface area contributed by atoms with Crippen LogP contribution in [-0.4, -0.2) is 55.9 Å². The van der Waals surface area contributed by atoms with Crippen LogP contribution < -0.4 is 5.32 Å². The molecule has 49 heavy (non-hydrogen) atoms. The van der Waals surface area contributed by atoms with Gasteiger partial charge in [-0.2, -0.15) is 9.97 Å². The molecule has 2 aromatic heterocycles. The number of nitrogens with one attached hydrogen (secondary N) is 1. The highest BCUT2D eigenvalue weighted by Gasteiger charge is 2.43. The number of nitrogens with zero attached hydrogens (tertiary/aromatic N) is 4. The van der Waals surface area contributed by atoms with Gasteiger partial charge in [-0.1, -0.05) is 78.8 Å². The van der Waals surface area contributed by atoms with Crippen molar-refractivity contribution in [3.63, 3.8) is 0 Å². The summed E-state index contributed by atoms with van der Waals surface area (Å²) in [7, 11) is 0. The molecule has 6 rings (SSSR count). The van der Waals surface area contributed by atoms with E-state index in [9.17, 15) is 14.4 Å². The number of rotatable bonds is 8. The summed E-state index contributed by atoms with van der Waals surface area (Å²) in [5.41, 5.74) is 3.27. The fourth-order valence-corrected chi connectivity index (χ4v) is 5.89. The normalized spacial score (nSPS) is 17.5. The molecule has 1 amide bonds. The van der Waals surface area contributed by atoms with E-state index >= 15 is 0 Å². The Morgan fingerprint density at radius 2 is 1.53 bits per heavy atom. The number of halogens is 1. The number of anilines is 1. The molecule has 0 saturated heterocycles. The number of hydrogen-bond donors (Lipinski definition) is 1. The van der Waals surface area contributed by atoms with Gasteiger partial charge in [0.1, 0.15) is 23.8 Å². The van der Waals surface area contributed by atoms with Crippen molar-refractivity contribution < 1.29 is 28.6 Å². The lowest BCUT2D eigenvalue weighted by Crippen LogP contribution is -2.27. The number of esters is 2. The molecule has 1 aliphatic rings. The van der Waals surface area contributed by atoms with Crippen LogP contribution in [0.3, 0.4) is 0 Å². The molecule has 12 heteroatoms. The Morgan fingerprint density at radius 3 is 2.20 bits per heavy atom. The summed E-state index contributed by atoms with van der Waals surface area (Å²) in [6.45, 7) is 9.47. The van der Waals surface area contributed by atoms with Gasteiger partial charge in [0.2, 0.25) is 5.95 Å². The highest BCUT2D eigenvalue weighted by atomic mass is 35.5. The van der Waals surface area contributed by atoms with Crippen LogP contribution in [0.15, 0.2) is 103 Å².